The lowest BCUT2D eigenvalue weighted by atomic mass is 10.1. The van der Waals surface area contributed by atoms with Crippen LogP contribution in [0.5, 0.6) is 17.2 Å². The number of carbonyl (C=O) groups excluding carboxylic acids is 1. The first-order valence-electron chi connectivity index (χ1n) is 6.82. The molecule has 0 aliphatic rings. The molecule has 2 N–H and O–H groups in total. The largest absolute Gasteiger partial charge is 0.504 e. The zero-order valence-electron chi connectivity index (χ0n) is 12.5. The van der Waals surface area contributed by atoms with Crippen LogP contribution in [0.1, 0.15) is 36.7 Å². The first-order valence-corrected chi connectivity index (χ1v) is 6.82. The van der Waals surface area contributed by atoms with Gasteiger partial charge in [0.2, 0.25) is 5.75 Å². The monoisotopic (exact) mass is 288 g/mol. The van der Waals surface area contributed by atoms with Crippen molar-refractivity contribution in [1.82, 2.24) is 0 Å². The highest BCUT2D eigenvalue weighted by atomic mass is 16.5. The van der Waals surface area contributed by atoms with E-state index in [2.05, 4.69) is 0 Å². The fraction of sp³-hybridized carbons (Fsp3) is 0.235. The highest BCUT2D eigenvalue weighted by Gasteiger charge is 2.16. The Hall–Kier alpha value is -2.49. The van der Waals surface area contributed by atoms with E-state index in [-0.39, 0.29) is 29.5 Å². The van der Waals surface area contributed by atoms with E-state index in [1.165, 1.54) is 19.1 Å². The van der Waals surface area contributed by atoms with Crippen LogP contribution in [0.3, 0.4) is 0 Å². The number of Topliss-reactive ketones (excluding diaryl/α,β-unsaturated/α-hetero) is 1. The lowest BCUT2D eigenvalue weighted by Gasteiger charge is -2.12. The molecule has 0 unspecified atom stereocenters. The smallest absolute Gasteiger partial charge is 0.201 e. The Bertz CT molecular complexity index is 591. The molecule has 0 saturated carbocycles. The minimum atomic E-state index is -0.413. The minimum absolute atomic E-state index is 0.0105. The second-order valence-electron chi connectivity index (χ2n) is 4.14. The highest BCUT2D eigenvalue weighted by Crippen LogP contribution is 2.38. The number of phenolic OH excluding ortho intramolecular Hbond substituents is 2. The summed E-state index contributed by atoms with van der Waals surface area (Å²) in [5.41, 5.74) is 1.14. The molecule has 4 heteroatoms. The summed E-state index contributed by atoms with van der Waals surface area (Å²) in [4.78, 5) is 11.5. The van der Waals surface area contributed by atoms with E-state index < -0.39 is 5.75 Å². The molecule has 0 aromatic heterocycles. The SMILES string of the molecule is CC.CC(=O)c1ccc(O)c(O)c1OCc1ccccc1. The van der Waals surface area contributed by atoms with Gasteiger partial charge in [-0.2, -0.15) is 0 Å². The topological polar surface area (TPSA) is 66.8 Å². The van der Waals surface area contributed by atoms with Crippen LogP contribution in [0.4, 0.5) is 0 Å². The third-order valence-corrected chi connectivity index (χ3v) is 2.72. The lowest BCUT2D eigenvalue weighted by molar-refractivity contribution is 0.101. The number of benzene rings is 2. The number of ether oxygens (including phenoxy) is 1. The summed E-state index contributed by atoms with van der Waals surface area (Å²) >= 11 is 0. The Balaban J connectivity index is 0.00000106. The Kier molecular flexibility index (Phi) is 6.27. The molecule has 2 aromatic rings. The summed E-state index contributed by atoms with van der Waals surface area (Å²) in [6, 6.07) is 12.1. The van der Waals surface area contributed by atoms with E-state index in [1.54, 1.807) is 0 Å². The van der Waals surface area contributed by atoms with E-state index in [1.807, 2.05) is 44.2 Å². The van der Waals surface area contributed by atoms with Crippen molar-refractivity contribution in [2.45, 2.75) is 27.4 Å². The number of rotatable bonds is 4. The van der Waals surface area contributed by atoms with Crippen LogP contribution >= 0.6 is 0 Å². The average molecular weight is 288 g/mol. The van der Waals surface area contributed by atoms with E-state index in [9.17, 15) is 15.0 Å². The summed E-state index contributed by atoms with van der Waals surface area (Å²) in [5.74, 6) is -0.952. The van der Waals surface area contributed by atoms with E-state index in [0.29, 0.717) is 0 Å². The summed E-state index contributed by atoms with van der Waals surface area (Å²) in [7, 11) is 0. The Morgan fingerprint density at radius 2 is 1.67 bits per heavy atom. The number of phenols is 2. The molecule has 0 saturated heterocycles. The van der Waals surface area contributed by atoms with Gasteiger partial charge in [-0.3, -0.25) is 4.79 Å². The van der Waals surface area contributed by atoms with Crippen LogP contribution in [0.2, 0.25) is 0 Å². The van der Waals surface area contributed by atoms with Gasteiger partial charge in [0.1, 0.15) is 6.61 Å². The van der Waals surface area contributed by atoms with Gasteiger partial charge in [-0.15, -0.1) is 0 Å². The minimum Gasteiger partial charge on any atom is -0.504 e. The van der Waals surface area contributed by atoms with E-state index in [0.717, 1.165) is 5.56 Å². The van der Waals surface area contributed by atoms with Gasteiger partial charge in [0.25, 0.3) is 0 Å². The Morgan fingerprint density at radius 3 is 2.24 bits per heavy atom. The van der Waals surface area contributed by atoms with Gasteiger partial charge in [0.15, 0.2) is 17.3 Å². The number of hydrogen-bond acceptors (Lipinski definition) is 4. The maximum Gasteiger partial charge on any atom is 0.201 e. The number of carbonyl (C=O) groups is 1. The Morgan fingerprint density at radius 1 is 1.05 bits per heavy atom. The molecule has 0 amide bonds. The molecule has 0 radical (unpaired) electrons. The molecule has 0 atom stereocenters. The van der Waals surface area contributed by atoms with Gasteiger partial charge in [-0.05, 0) is 24.6 Å². The molecule has 2 rings (SSSR count). The molecule has 0 spiro atoms. The number of aromatic hydroxyl groups is 2. The molecule has 0 bridgehead atoms. The van der Waals surface area contributed by atoms with Crippen molar-refractivity contribution in [2.75, 3.05) is 0 Å². The van der Waals surface area contributed by atoms with Gasteiger partial charge >= 0.3 is 0 Å². The van der Waals surface area contributed by atoms with Gasteiger partial charge < -0.3 is 14.9 Å². The molecule has 0 aliphatic carbocycles. The van der Waals surface area contributed by atoms with Gasteiger partial charge in [-0.1, -0.05) is 44.2 Å². The third kappa shape index (κ3) is 4.24. The quantitative estimate of drug-likeness (QED) is 0.661. The van der Waals surface area contributed by atoms with E-state index in [4.69, 9.17) is 4.74 Å². The first-order chi connectivity index (χ1) is 10.1. The van der Waals surface area contributed by atoms with Crippen LogP contribution in [-0.4, -0.2) is 16.0 Å². The fourth-order valence-electron chi connectivity index (χ4n) is 1.71. The first kappa shape index (κ1) is 16.6. The van der Waals surface area contributed by atoms with Crippen LogP contribution in [0.25, 0.3) is 0 Å². The molecule has 0 heterocycles. The highest BCUT2D eigenvalue weighted by molar-refractivity contribution is 5.98. The molecule has 0 fully saturated rings. The molecule has 21 heavy (non-hydrogen) atoms. The molecule has 0 aliphatic heterocycles. The van der Waals surface area contributed by atoms with Gasteiger partial charge in [0.05, 0.1) is 5.56 Å². The predicted octanol–water partition coefficient (Wildman–Crippen LogP) is 3.91. The summed E-state index contributed by atoms with van der Waals surface area (Å²) in [6.45, 7) is 5.58. The average Bonchev–Trinajstić information content (AvgIpc) is 2.51. The van der Waals surface area contributed by atoms with Crippen molar-refractivity contribution in [1.29, 1.82) is 0 Å². The molecule has 4 nitrogen and oxygen atoms in total. The van der Waals surface area contributed by atoms with Crippen molar-refractivity contribution in [3.63, 3.8) is 0 Å². The number of ketones is 1. The third-order valence-electron chi connectivity index (χ3n) is 2.72. The summed E-state index contributed by atoms with van der Waals surface area (Å²) in [6.07, 6.45) is 0. The van der Waals surface area contributed by atoms with Crippen LogP contribution in [0, 0.1) is 0 Å². The van der Waals surface area contributed by atoms with Crippen LogP contribution in [-0.2, 0) is 6.61 Å². The second kappa shape index (κ2) is 7.94. The van der Waals surface area contributed by atoms with Crippen LogP contribution in [0.15, 0.2) is 42.5 Å². The van der Waals surface area contributed by atoms with Crippen molar-refractivity contribution >= 4 is 5.78 Å². The molecular weight excluding hydrogens is 268 g/mol. The molecule has 112 valence electrons. The maximum absolute atomic E-state index is 11.5. The van der Waals surface area contributed by atoms with Crippen LogP contribution < -0.4 is 4.74 Å². The summed E-state index contributed by atoms with van der Waals surface area (Å²) < 4.78 is 5.47. The number of hydrogen-bond donors (Lipinski definition) is 2. The predicted molar refractivity (Wildman–Crippen MR) is 81.9 cm³/mol. The fourth-order valence-corrected chi connectivity index (χ4v) is 1.71. The maximum atomic E-state index is 11.5. The summed E-state index contributed by atoms with van der Waals surface area (Å²) in [5, 5.41) is 19.2. The van der Waals surface area contributed by atoms with Crippen molar-refractivity contribution in [2.24, 2.45) is 0 Å². The standard InChI is InChI=1S/C15H14O4.C2H6/c1-10(16)12-7-8-13(17)14(18)15(12)19-9-11-5-3-2-4-6-11;1-2/h2-8,17-18H,9H2,1H3;1-2H3. The Labute approximate surface area is 124 Å². The zero-order valence-corrected chi connectivity index (χ0v) is 12.5. The molecule has 2 aromatic carbocycles. The second-order valence-corrected chi connectivity index (χ2v) is 4.14. The van der Waals surface area contributed by atoms with Gasteiger partial charge in [-0.25, -0.2) is 0 Å². The zero-order chi connectivity index (χ0) is 15.8. The van der Waals surface area contributed by atoms with Gasteiger partial charge in [0, 0.05) is 0 Å². The lowest BCUT2D eigenvalue weighted by Crippen LogP contribution is -2.02. The van der Waals surface area contributed by atoms with E-state index >= 15 is 0 Å². The molecular formula is C17H20O4. The van der Waals surface area contributed by atoms with Crippen molar-refractivity contribution < 1.29 is 19.7 Å². The van der Waals surface area contributed by atoms with Crippen molar-refractivity contribution in [3.05, 3.63) is 53.6 Å². The van der Waals surface area contributed by atoms with Crippen molar-refractivity contribution in [3.8, 4) is 17.2 Å². The normalized spacial score (nSPS) is 9.48.